The molecule has 2 aliphatic rings. The molecule has 2 aliphatic heterocycles. The lowest BCUT2D eigenvalue weighted by Crippen LogP contribution is -2.10. The SMILES string of the molecule is CCCCOCC12OC1O2. The van der Waals surface area contributed by atoms with E-state index in [1.54, 1.807) is 0 Å². The summed E-state index contributed by atoms with van der Waals surface area (Å²) in [5.41, 5.74) is 0. The number of hydrogen-bond acceptors (Lipinski definition) is 3. The topological polar surface area (TPSA) is 34.3 Å². The Morgan fingerprint density at radius 3 is 2.70 bits per heavy atom. The fourth-order valence-corrected chi connectivity index (χ4v) is 0.900. The number of hydrogen-bond donors (Lipinski definition) is 0. The van der Waals surface area contributed by atoms with Crippen molar-refractivity contribution < 1.29 is 14.2 Å². The minimum Gasteiger partial charge on any atom is -0.376 e. The van der Waals surface area contributed by atoms with Gasteiger partial charge in [0.15, 0.2) is 0 Å². The zero-order chi connectivity index (χ0) is 7.03. The van der Waals surface area contributed by atoms with Gasteiger partial charge in [-0.25, -0.2) is 0 Å². The molecule has 0 atom stereocenters. The number of rotatable bonds is 5. The highest BCUT2D eigenvalue weighted by molar-refractivity contribution is 5.02. The Morgan fingerprint density at radius 1 is 1.50 bits per heavy atom. The Hall–Kier alpha value is -0.120. The minimum absolute atomic E-state index is 0.0918. The largest absolute Gasteiger partial charge is 0.376 e. The van der Waals surface area contributed by atoms with Crippen LogP contribution in [0.1, 0.15) is 19.8 Å². The van der Waals surface area contributed by atoms with Crippen molar-refractivity contribution in [1.82, 2.24) is 0 Å². The molecule has 0 aromatic rings. The summed E-state index contributed by atoms with van der Waals surface area (Å²) in [6.07, 6.45) is 2.40. The maximum absolute atomic E-state index is 5.29. The molecule has 0 radical (unpaired) electrons. The molecular formula is C7H12O3. The lowest BCUT2D eigenvalue weighted by atomic mass is 10.4. The van der Waals surface area contributed by atoms with Gasteiger partial charge < -0.3 is 14.2 Å². The molecule has 58 valence electrons. The highest BCUT2D eigenvalue weighted by atomic mass is 17.0. The van der Waals surface area contributed by atoms with Crippen LogP contribution in [-0.4, -0.2) is 25.3 Å². The smallest absolute Gasteiger partial charge is 0.249 e. The van der Waals surface area contributed by atoms with Crippen LogP contribution in [0, 0.1) is 0 Å². The fraction of sp³-hybridized carbons (Fsp3) is 1.00. The highest BCUT2D eigenvalue weighted by Crippen LogP contribution is 2.55. The summed E-state index contributed by atoms with van der Waals surface area (Å²) in [7, 11) is 0. The predicted octanol–water partition coefficient (Wildman–Crippen LogP) is 0.886. The molecule has 3 nitrogen and oxygen atoms in total. The van der Waals surface area contributed by atoms with Gasteiger partial charge in [0.1, 0.15) is 6.61 Å². The van der Waals surface area contributed by atoms with Crippen molar-refractivity contribution in [3.63, 3.8) is 0 Å². The van der Waals surface area contributed by atoms with E-state index in [-0.39, 0.29) is 12.1 Å². The lowest BCUT2D eigenvalue weighted by Gasteiger charge is -2.01. The predicted molar refractivity (Wildman–Crippen MR) is 34.4 cm³/mol. The summed E-state index contributed by atoms with van der Waals surface area (Å²) in [4.78, 5) is 0. The average Bonchev–Trinajstić information content (AvgIpc) is 2.67. The van der Waals surface area contributed by atoms with Gasteiger partial charge in [-0.3, -0.25) is 0 Å². The summed E-state index contributed by atoms with van der Waals surface area (Å²) < 4.78 is 15.3. The number of unbranched alkanes of at least 4 members (excludes halogenated alkanes) is 1. The maximum Gasteiger partial charge on any atom is 0.249 e. The van der Waals surface area contributed by atoms with Crippen molar-refractivity contribution in [1.29, 1.82) is 0 Å². The molecule has 0 bridgehead atoms. The number of ether oxygens (including phenoxy) is 3. The van der Waals surface area contributed by atoms with Crippen LogP contribution in [0.15, 0.2) is 0 Å². The van der Waals surface area contributed by atoms with E-state index in [1.807, 2.05) is 0 Å². The van der Waals surface area contributed by atoms with Crippen LogP contribution < -0.4 is 0 Å². The van der Waals surface area contributed by atoms with Gasteiger partial charge in [-0.15, -0.1) is 0 Å². The van der Waals surface area contributed by atoms with Gasteiger partial charge in [0.05, 0.1) is 0 Å². The van der Waals surface area contributed by atoms with E-state index >= 15 is 0 Å². The molecule has 0 aromatic heterocycles. The van der Waals surface area contributed by atoms with Crippen molar-refractivity contribution in [2.45, 2.75) is 31.8 Å². The quantitative estimate of drug-likeness (QED) is 0.424. The second kappa shape index (κ2) is 2.19. The molecule has 3 heteroatoms. The second-order valence-corrected chi connectivity index (χ2v) is 2.79. The molecule has 0 aliphatic carbocycles. The van der Waals surface area contributed by atoms with Crippen LogP contribution in [0.4, 0.5) is 0 Å². The normalized spacial score (nSPS) is 41.1. The van der Waals surface area contributed by atoms with Gasteiger partial charge in [0, 0.05) is 6.61 Å². The molecule has 0 aromatic carbocycles. The van der Waals surface area contributed by atoms with Crippen molar-refractivity contribution in [3.8, 4) is 0 Å². The summed E-state index contributed by atoms with van der Waals surface area (Å²) in [6.45, 7) is 3.60. The van der Waals surface area contributed by atoms with Gasteiger partial charge in [-0.05, 0) is 6.42 Å². The second-order valence-electron chi connectivity index (χ2n) is 2.79. The van der Waals surface area contributed by atoms with Gasteiger partial charge in [-0.1, -0.05) is 13.3 Å². The molecule has 2 fully saturated rings. The molecule has 0 spiro atoms. The Morgan fingerprint density at radius 2 is 2.20 bits per heavy atom. The van der Waals surface area contributed by atoms with Crippen molar-refractivity contribution in [2.24, 2.45) is 0 Å². The first-order chi connectivity index (χ1) is 4.87. The first-order valence-corrected chi connectivity index (χ1v) is 3.81. The summed E-state index contributed by atoms with van der Waals surface area (Å²) in [6, 6.07) is 0. The van der Waals surface area contributed by atoms with E-state index in [0.717, 1.165) is 13.0 Å². The standard InChI is InChI=1S/C7H12O3/c1-2-3-4-8-5-7-6(9-7)10-7/h6H,2-5H2,1H3. The molecule has 0 N–H and O–H groups in total. The van der Waals surface area contributed by atoms with Crippen molar-refractivity contribution in [3.05, 3.63) is 0 Å². The first kappa shape index (κ1) is 6.58. The third-order valence-corrected chi connectivity index (χ3v) is 1.80. The van der Waals surface area contributed by atoms with Crippen LogP contribution in [0.5, 0.6) is 0 Å². The Labute approximate surface area is 60.3 Å². The summed E-state index contributed by atoms with van der Waals surface area (Å²) >= 11 is 0. The highest BCUT2D eigenvalue weighted by Gasteiger charge is 2.77. The molecule has 0 amide bonds. The van der Waals surface area contributed by atoms with Crippen LogP contribution in [0.25, 0.3) is 0 Å². The lowest BCUT2D eigenvalue weighted by molar-refractivity contribution is -0.0863. The van der Waals surface area contributed by atoms with Gasteiger partial charge >= 0.3 is 0 Å². The number of fused-ring (bicyclic) bond motifs is 1. The minimum atomic E-state index is -0.256. The summed E-state index contributed by atoms with van der Waals surface area (Å²) in [5.74, 6) is -0.256. The number of epoxide rings is 2. The Kier molecular flexibility index (Phi) is 1.44. The monoisotopic (exact) mass is 144 g/mol. The fourth-order valence-electron chi connectivity index (χ4n) is 0.900. The summed E-state index contributed by atoms with van der Waals surface area (Å²) in [5, 5.41) is 0. The van der Waals surface area contributed by atoms with E-state index in [0.29, 0.717) is 6.61 Å². The van der Waals surface area contributed by atoms with Crippen molar-refractivity contribution >= 4 is 0 Å². The Bertz CT molecular complexity index is 129. The molecule has 0 saturated carbocycles. The van der Waals surface area contributed by atoms with E-state index in [9.17, 15) is 0 Å². The van der Waals surface area contributed by atoms with Crippen LogP contribution >= 0.6 is 0 Å². The first-order valence-electron chi connectivity index (χ1n) is 3.81. The van der Waals surface area contributed by atoms with E-state index in [2.05, 4.69) is 6.92 Å². The molecule has 0 unspecified atom stereocenters. The van der Waals surface area contributed by atoms with E-state index in [1.165, 1.54) is 6.42 Å². The zero-order valence-corrected chi connectivity index (χ0v) is 6.13. The van der Waals surface area contributed by atoms with Crippen molar-refractivity contribution in [2.75, 3.05) is 13.2 Å². The zero-order valence-electron chi connectivity index (χ0n) is 6.13. The molecule has 2 saturated heterocycles. The molecule has 2 heterocycles. The third kappa shape index (κ3) is 1.05. The van der Waals surface area contributed by atoms with Gasteiger partial charge in [0.2, 0.25) is 12.1 Å². The Balaban J connectivity index is 1.49. The maximum atomic E-state index is 5.29. The molecule has 10 heavy (non-hydrogen) atoms. The average molecular weight is 144 g/mol. The van der Waals surface area contributed by atoms with Gasteiger partial charge in [-0.2, -0.15) is 0 Å². The van der Waals surface area contributed by atoms with E-state index in [4.69, 9.17) is 14.2 Å². The van der Waals surface area contributed by atoms with Crippen LogP contribution in [0.2, 0.25) is 0 Å². The van der Waals surface area contributed by atoms with Crippen LogP contribution in [0.3, 0.4) is 0 Å². The van der Waals surface area contributed by atoms with Gasteiger partial charge in [0.25, 0.3) is 0 Å². The van der Waals surface area contributed by atoms with E-state index < -0.39 is 0 Å². The van der Waals surface area contributed by atoms with Crippen LogP contribution in [-0.2, 0) is 14.2 Å². The third-order valence-electron chi connectivity index (χ3n) is 1.80. The molecule has 2 rings (SSSR count). The molecular weight excluding hydrogens is 132 g/mol.